The number of nitrogens with zero attached hydrogens (tertiary/aromatic N) is 2. The molecule has 0 spiro atoms. The van der Waals surface area contributed by atoms with E-state index in [0.29, 0.717) is 11.4 Å². The van der Waals surface area contributed by atoms with Crippen LogP contribution in [0.15, 0.2) is 60.9 Å². The number of carbonyl (C=O) groups is 2. The SMILES string of the molecule is Cc1ncc(C(CC(=O)O)NC(=O)OCC2c3ccccc3-c3ccccc32)cn1. The Hall–Kier alpha value is -3.74. The number of amides is 1. The Balaban J connectivity index is 1.47. The van der Waals surface area contributed by atoms with Gasteiger partial charge in [0.15, 0.2) is 0 Å². The molecule has 1 aromatic heterocycles. The zero-order valence-electron chi connectivity index (χ0n) is 16.4. The van der Waals surface area contributed by atoms with Crippen LogP contribution in [0.3, 0.4) is 0 Å². The summed E-state index contributed by atoms with van der Waals surface area (Å²) in [5.41, 5.74) is 5.02. The third-order valence-electron chi connectivity index (χ3n) is 5.22. The standard InChI is InChI=1S/C23H21N3O4/c1-14-24-11-15(12-25-14)21(10-22(27)28)26-23(29)30-13-20-18-8-4-2-6-16(18)17-7-3-5-9-19(17)20/h2-9,11-12,20-21H,10,13H2,1H3,(H,26,29)(H,27,28). The number of hydrogen-bond donors (Lipinski definition) is 2. The Labute approximate surface area is 173 Å². The normalized spacial score (nSPS) is 13.2. The van der Waals surface area contributed by atoms with E-state index in [0.717, 1.165) is 22.3 Å². The van der Waals surface area contributed by atoms with Crippen LogP contribution in [0.25, 0.3) is 11.1 Å². The van der Waals surface area contributed by atoms with Gasteiger partial charge < -0.3 is 15.2 Å². The maximum Gasteiger partial charge on any atom is 0.407 e. The fourth-order valence-corrected chi connectivity index (χ4v) is 3.79. The summed E-state index contributed by atoms with van der Waals surface area (Å²) < 4.78 is 5.51. The lowest BCUT2D eigenvalue weighted by Gasteiger charge is -2.19. The van der Waals surface area contributed by atoms with Gasteiger partial charge in [0.25, 0.3) is 0 Å². The molecule has 1 amide bonds. The first-order valence-corrected chi connectivity index (χ1v) is 9.65. The number of aromatic nitrogens is 2. The zero-order chi connectivity index (χ0) is 21.1. The minimum Gasteiger partial charge on any atom is -0.481 e. The Bertz CT molecular complexity index is 1040. The van der Waals surface area contributed by atoms with Crippen molar-refractivity contribution in [1.82, 2.24) is 15.3 Å². The third kappa shape index (κ3) is 4.00. The summed E-state index contributed by atoms with van der Waals surface area (Å²) in [5.74, 6) is -0.544. The first kappa shape index (κ1) is 19.6. The highest BCUT2D eigenvalue weighted by Crippen LogP contribution is 2.44. The average Bonchev–Trinajstić information content (AvgIpc) is 3.06. The molecule has 0 bridgehead atoms. The second-order valence-corrected chi connectivity index (χ2v) is 7.18. The molecule has 3 aromatic rings. The number of ether oxygens (including phenoxy) is 1. The number of carboxylic acids is 1. The molecule has 0 radical (unpaired) electrons. The van der Waals surface area contributed by atoms with Gasteiger partial charge in [-0.2, -0.15) is 0 Å². The number of hydrogen-bond acceptors (Lipinski definition) is 5. The van der Waals surface area contributed by atoms with E-state index >= 15 is 0 Å². The van der Waals surface area contributed by atoms with E-state index in [4.69, 9.17) is 4.74 Å². The average molecular weight is 403 g/mol. The van der Waals surface area contributed by atoms with Crippen molar-refractivity contribution in [2.75, 3.05) is 6.61 Å². The van der Waals surface area contributed by atoms with Crippen molar-refractivity contribution in [3.8, 4) is 11.1 Å². The Kier molecular flexibility index (Phi) is 5.43. The van der Waals surface area contributed by atoms with E-state index in [2.05, 4.69) is 27.4 Å². The smallest absolute Gasteiger partial charge is 0.407 e. The largest absolute Gasteiger partial charge is 0.481 e. The molecule has 30 heavy (non-hydrogen) atoms. The van der Waals surface area contributed by atoms with Gasteiger partial charge >= 0.3 is 12.1 Å². The molecule has 1 aliphatic rings. The van der Waals surface area contributed by atoms with Crippen molar-refractivity contribution in [2.24, 2.45) is 0 Å². The number of rotatable bonds is 6. The molecule has 1 heterocycles. The fraction of sp³-hybridized carbons (Fsp3) is 0.217. The molecule has 0 saturated carbocycles. The van der Waals surface area contributed by atoms with Gasteiger partial charge in [0.05, 0.1) is 12.5 Å². The Morgan fingerprint density at radius 1 is 1.03 bits per heavy atom. The summed E-state index contributed by atoms with van der Waals surface area (Å²) in [5, 5.41) is 11.8. The molecule has 1 aliphatic carbocycles. The molecule has 1 unspecified atom stereocenters. The second kappa shape index (κ2) is 8.32. The van der Waals surface area contributed by atoms with Crippen LogP contribution < -0.4 is 5.32 Å². The van der Waals surface area contributed by atoms with Crippen LogP contribution in [0.4, 0.5) is 4.79 Å². The maximum absolute atomic E-state index is 12.5. The molecule has 7 heteroatoms. The van der Waals surface area contributed by atoms with Gasteiger partial charge in [-0.15, -0.1) is 0 Å². The number of nitrogens with one attached hydrogen (secondary N) is 1. The van der Waals surface area contributed by atoms with Gasteiger partial charge in [0, 0.05) is 23.9 Å². The number of fused-ring (bicyclic) bond motifs is 3. The van der Waals surface area contributed by atoms with Crippen molar-refractivity contribution in [3.63, 3.8) is 0 Å². The van der Waals surface area contributed by atoms with E-state index < -0.39 is 18.1 Å². The van der Waals surface area contributed by atoms with Crippen LogP contribution in [-0.2, 0) is 9.53 Å². The van der Waals surface area contributed by atoms with Crippen molar-refractivity contribution in [3.05, 3.63) is 83.4 Å². The summed E-state index contributed by atoms with van der Waals surface area (Å²) in [4.78, 5) is 31.9. The summed E-state index contributed by atoms with van der Waals surface area (Å²) in [7, 11) is 0. The van der Waals surface area contributed by atoms with Crippen molar-refractivity contribution in [2.45, 2.75) is 25.3 Å². The summed E-state index contributed by atoms with van der Waals surface area (Å²) >= 11 is 0. The van der Waals surface area contributed by atoms with Crippen molar-refractivity contribution < 1.29 is 19.4 Å². The molecule has 0 aliphatic heterocycles. The van der Waals surface area contributed by atoms with Gasteiger partial charge in [0.1, 0.15) is 12.4 Å². The topological polar surface area (TPSA) is 101 Å². The predicted octanol–water partition coefficient (Wildman–Crippen LogP) is 3.84. The highest BCUT2D eigenvalue weighted by atomic mass is 16.5. The van der Waals surface area contributed by atoms with Gasteiger partial charge in [-0.25, -0.2) is 14.8 Å². The molecular weight excluding hydrogens is 382 g/mol. The van der Waals surface area contributed by atoms with Crippen LogP contribution in [0.5, 0.6) is 0 Å². The van der Waals surface area contributed by atoms with Gasteiger partial charge in [-0.3, -0.25) is 4.79 Å². The van der Waals surface area contributed by atoms with Crippen molar-refractivity contribution >= 4 is 12.1 Å². The molecule has 0 fully saturated rings. The van der Waals surface area contributed by atoms with Crippen LogP contribution in [0.1, 0.15) is 40.9 Å². The molecular formula is C23H21N3O4. The van der Waals surface area contributed by atoms with E-state index in [9.17, 15) is 14.7 Å². The van der Waals surface area contributed by atoms with E-state index in [1.54, 1.807) is 6.92 Å². The summed E-state index contributed by atoms with van der Waals surface area (Å²) in [6.07, 6.45) is 2.05. The third-order valence-corrected chi connectivity index (χ3v) is 5.22. The van der Waals surface area contributed by atoms with Crippen LogP contribution in [0, 0.1) is 6.92 Å². The van der Waals surface area contributed by atoms with Crippen LogP contribution >= 0.6 is 0 Å². The fourth-order valence-electron chi connectivity index (χ4n) is 3.79. The lowest BCUT2D eigenvalue weighted by atomic mass is 9.98. The first-order valence-electron chi connectivity index (χ1n) is 9.65. The molecule has 2 N–H and O–H groups in total. The Morgan fingerprint density at radius 2 is 1.60 bits per heavy atom. The minimum absolute atomic E-state index is 0.0659. The number of carboxylic acid groups (broad SMARTS) is 1. The lowest BCUT2D eigenvalue weighted by Crippen LogP contribution is -2.32. The van der Waals surface area contributed by atoms with Crippen molar-refractivity contribution in [1.29, 1.82) is 0 Å². The highest BCUT2D eigenvalue weighted by Gasteiger charge is 2.29. The van der Waals surface area contributed by atoms with Gasteiger partial charge in [-0.1, -0.05) is 48.5 Å². The number of carbonyl (C=O) groups excluding carboxylic acids is 1. The molecule has 7 nitrogen and oxygen atoms in total. The molecule has 2 aromatic carbocycles. The highest BCUT2D eigenvalue weighted by molar-refractivity contribution is 5.79. The molecule has 4 rings (SSSR count). The monoisotopic (exact) mass is 403 g/mol. The van der Waals surface area contributed by atoms with Gasteiger partial charge in [0.2, 0.25) is 0 Å². The first-order chi connectivity index (χ1) is 14.5. The van der Waals surface area contributed by atoms with E-state index in [1.165, 1.54) is 12.4 Å². The molecule has 0 saturated heterocycles. The van der Waals surface area contributed by atoms with Crippen LogP contribution in [0.2, 0.25) is 0 Å². The minimum atomic E-state index is -1.04. The lowest BCUT2D eigenvalue weighted by molar-refractivity contribution is -0.137. The summed E-state index contributed by atoms with van der Waals surface area (Å²) in [6, 6.07) is 15.4. The molecule has 152 valence electrons. The zero-order valence-corrected chi connectivity index (χ0v) is 16.4. The number of aryl methyl sites for hydroxylation is 1. The maximum atomic E-state index is 12.5. The Morgan fingerprint density at radius 3 is 2.17 bits per heavy atom. The quantitative estimate of drug-likeness (QED) is 0.648. The number of aliphatic carboxylic acids is 1. The number of alkyl carbamates (subject to hydrolysis) is 1. The summed E-state index contributed by atoms with van der Waals surface area (Å²) in [6.45, 7) is 1.89. The van der Waals surface area contributed by atoms with Gasteiger partial charge in [-0.05, 0) is 29.2 Å². The van der Waals surface area contributed by atoms with E-state index in [-0.39, 0.29) is 18.9 Å². The predicted molar refractivity (Wildman–Crippen MR) is 110 cm³/mol. The second-order valence-electron chi connectivity index (χ2n) is 7.18. The molecule has 1 atom stereocenters. The number of benzene rings is 2. The van der Waals surface area contributed by atoms with E-state index in [1.807, 2.05) is 36.4 Å². The van der Waals surface area contributed by atoms with Crippen LogP contribution in [-0.4, -0.2) is 33.7 Å².